The van der Waals surface area contributed by atoms with Crippen LogP contribution in [0.15, 0.2) is 12.1 Å². The fourth-order valence-corrected chi connectivity index (χ4v) is 1.85. The molecule has 2 aromatic heterocycles. The predicted molar refractivity (Wildman–Crippen MR) is 70.3 cm³/mol. The lowest BCUT2D eigenvalue weighted by Crippen LogP contribution is -2.16. The molecule has 0 aliphatic heterocycles. The van der Waals surface area contributed by atoms with E-state index in [1.165, 1.54) is 0 Å². The van der Waals surface area contributed by atoms with Gasteiger partial charge < -0.3 is 15.2 Å². The highest BCUT2D eigenvalue weighted by Gasteiger charge is 2.12. The number of fused-ring (bicyclic) bond motifs is 1. The second-order valence-electron chi connectivity index (χ2n) is 4.31. The van der Waals surface area contributed by atoms with Crippen LogP contribution in [0, 0.1) is 0 Å². The number of rotatable bonds is 4. The molecule has 0 aromatic carbocycles. The highest BCUT2D eigenvalue weighted by Crippen LogP contribution is 2.19. The monoisotopic (exact) mass is 233 g/mol. The SMILES string of the molecule is CCC(NC)c1nc2nc(N(C)C)ccc2[nH]1. The molecule has 0 spiro atoms. The molecule has 0 fully saturated rings. The van der Waals surface area contributed by atoms with E-state index in [9.17, 15) is 0 Å². The van der Waals surface area contributed by atoms with Crippen LogP contribution in [0.3, 0.4) is 0 Å². The van der Waals surface area contributed by atoms with E-state index < -0.39 is 0 Å². The second kappa shape index (κ2) is 4.71. The number of aromatic amines is 1. The zero-order valence-electron chi connectivity index (χ0n) is 10.8. The van der Waals surface area contributed by atoms with E-state index in [-0.39, 0.29) is 6.04 Å². The van der Waals surface area contributed by atoms with Gasteiger partial charge in [0.2, 0.25) is 0 Å². The van der Waals surface area contributed by atoms with Crippen molar-refractivity contribution >= 4 is 17.0 Å². The molecule has 92 valence electrons. The van der Waals surface area contributed by atoms with E-state index >= 15 is 0 Å². The number of imidazole rings is 1. The summed E-state index contributed by atoms with van der Waals surface area (Å²) in [4.78, 5) is 14.3. The predicted octanol–water partition coefficient (Wildman–Crippen LogP) is 1.69. The maximum Gasteiger partial charge on any atom is 0.179 e. The zero-order chi connectivity index (χ0) is 12.4. The number of hydrogen-bond acceptors (Lipinski definition) is 4. The molecule has 2 rings (SSSR count). The Balaban J connectivity index is 2.43. The van der Waals surface area contributed by atoms with E-state index in [0.29, 0.717) is 0 Å². The van der Waals surface area contributed by atoms with Crippen molar-refractivity contribution in [3.63, 3.8) is 0 Å². The van der Waals surface area contributed by atoms with Gasteiger partial charge in [0.05, 0.1) is 11.6 Å². The van der Waals surface area contributed by atoms with Gasteiger partial charge in [-0.15, -0.1) is 0 Å². The molecule has 0 saturated heterocycles. The molecule has 1 atom stereocenters. The van der Waals surface area contributed by atoms with Crippen molar-refractivity contribution in [3.05, 3.63) is 18.0 Å². The Bertz CT molecular complexity index is 499. The summed E-state index contributed by atoms with van der Waals surface area (Å²) in [6.07, 6.45) is 0.997. The van der Waals surface area contributed by atoms with Crippen LogP contribution < -0.4 is 10.2 Å². The summed E-state index contributed by atoms with van der Waals surface area (Å²) in [6, 6.07) is 4.27. The first-order valence-electron chi connectivity index (χ1n) is 5.87. The number of H-pyrrole nitrogens is 1. The molecule has 2 N–H and O–H groups in total. The Morgan fingerprint density at radius 1 is 1.35 bits per heavy atom. The van der Waals surface area contributed by atoms with Crippen molar-refractivity contribution in [3.8, 4) is 0 Å². The molecule has 5 heteroatoms. The van der Waals surface area contributed by atoms with Gasteiger partial charge in [-0.3, -0.25) is 0 Å². The van der Waals surface area contributed by atoms with Gasteiger partial charge in [0.25, 0.3) is 0 Å². The molecule has 0 aliphatic carbocycles. The van der Waals surface area contributed by atoms with Gasteiger partial charge in [0.15, 0.2) is 5.65 Å². The average molecular weight is 233 g/mol. The molecule has 0 saturated carbocycles. The van der Waals surface area contributed by atoms with Gasteiger partial charge in [-0.05, 0) is 25.6 Å². The summed E-state index contributed by atoms with van der Waals surface area (Å²) in [5.74, 6) is 1.88. The van der Waals surface area contributed by atoms with Crippen molar-refractivity contribution in [1.29, 1.82) is 0 Å². The third-order valence-corrected chi connectivity index (χ3v) is 2.89. The Morgan fingerprint density at radius 2 is 2.12 bits per heavy atom. The van der Waals surface area contributed by atoms with Crippen molar-refractivity contribution < 1.29 is 0 Å². The van der Waals surface area contributed by atoms with E-state index in [0.717, 1.165) is 29.2 Å². The van der Waals surface area contributed by atoms with Crippen molar-refractivity contribution in [2.75, 3.05) is 26.0 Å². The second-order valence-corrected chi connectivity index (χ2v) is 4.31. The quantitative estimate of drug-likeness (QED) is 0.844. The number of nitrogens with one attached hydrogen (secondary N) is 2. The highest BCUT2D eigenvalue weighted by molar-refractivity contribution is 5.73. The summed E-state index contributed by atoms with van der Waals surface area (Å²) in [5.41, 5.74) is 1.76. The number of pyridine rings is 1. The summed E-state index contributed by atoms with van der Waals surface area (Å²) in [5, 5.41) is 3.23. The first-order chi connectivity index (χ1) is 8.15. The van der Waals surface area contributed by atoms with Gasteiger partial charge in [-0.25, -0.2) is 9.97 Å². The summed E-state index contributed by atoms with van der Waals surface area (Å²) < 4.78 is 0. The van der Waals surface area contributed by atoms with Gasteiger partial charge in [0, 0.05) is 14.1 Å². The summed E-state index contributed by atoms with van der Waals surface area (Å²) >= 11 is 0. The van der Waals surface area contributed by atoms with Crippen molar-refractivity contribution in [1.82, 2.24) is 20.3 Å². The van der Waals surface area contributed by atoms with E-state index in [1.807, 2.05) is 38.2 Å². The third-order valence-electron chi connectivity index (χ3n) is 2.89. The summed E-state index contributed by atoms with van der Waals surface area (Å²) in [6.45, 7) is 2.13. The van der Waals surface area contributed by atoms with Gasteiger partial charge in [0.1, 0.15) is 11.6 Å². The zero-order valence-corrected chi connectivity index (χ0v) is 10.8. The van der Waals surface area contributed by atoms with Crippen LogP contribution in [0.25, 0.3) is 11.2 Å². The molecule has 0 radical (unpaired) electrons. The smallest absolute Gasteiger partial charge is 0.179 e. The fraction of sp³-hybridized carbons (Fsp3) is 0.500. The van der Waals surface area contributed by atoms with Gasteiger partial charge >= 0.3 is 0 Å². The molecule has 0 amide bonds. The van der Waals surface area contributed by atoms with Gasteiger partial charge in [-0.1, -0.05) is 6.92 Å². The van der Waals surface area contributed by atoms with Crippen LogP contribution in [0.4, 0.5) is 5.82 Å². The molecule has 17 heavy (non-hydrogen) atoms. The fourth-order valence-electron chi connectivity index (χ4n) is 1.85. The largest absolute Gasteiger partial charge is 0.363 e. The Morgan fingerprint density at radius 3 is 2.71 bits per heavy atom. The van der Waals surface area contributed by atoms with E-state index in [2.05, 4.69) is 27.2 Å². The van der Waals surface area contributed by atoms with Crippen molar-refractivity contribution in [2.45, 2.75) is 19.4 Å². The molecule has 2 heterocycles. The Kier molecular flexibility index (Phi) is 3.28. The summed E-state index contributed by atoms with van der Waals surface area (Å²) in [7, 11) is 5.90. The minimum Gasteiger partial charge on any atom is -0.363 e. The highest BCUT2D eigenvalue weighted by atomic mass is 15.2. The maximum absolute atomic E-state index is 4.54. The van der Waals surface area contributed by atoms with E-state index in [1.54, 1.807) is 0 Å². The lowest BCUT2D eigenvalue weighted by molar-refractivity contribution is 0.551. The average Bonchev–Trinajstić information content (AvgIpc) is 2.72. The number of hydrogen-bond donors (Lipinski definition) is 2. The van der Waals surface area contributed by atoms with Crippen LogP contribution in [0.2, 0.25) is 0 Å². The molecular formula is C12H19N5. The van der Waals surface area contributed by atoms with Crippen LogP contribution in [0.1, 0.15) is 25.2 Å². The first-order valence-corrected chi connectivity index (χ1v) is 5.87. The lowest BCUT2D eigenvalue weighted by atomic mass is 10.2. The van der Waals surface area contributed by atoms with Crippen molar-refractivity contribution in [2.24, 2.45) is 0 Å². The molecule has 5 nitrogen and oxygen atoms in total. The van der Waals surface area contributed by atoms with E-state index in [4.69, 9.17) is 0 Å². The maximum atomic E-state index is 4.54. The van der Waals surface area contributed by atoms with Crippen LogP contribution >= 0.6 is 0 Å². The number of aromatic nitrogens is 3. The molecule has 0 bridgehead atoms. The molecule has 0 aliphatic rings. The number of nitrogens with zero attached hydrogens (tertiary/aromatic N) is 3. The molecular weight excluding hydrogens is 214 g/mol. The normalized spacial score (nSPS) is 12.9. The van der Waals surface area contributed by atoms with Crippen LogP contribution in [-0.4, -0.2) is 36.1 Å². The Hall–Kier alpha value is -1.62. The first kappa shape index (κ1) is 11.9. The van der Waals surface area contributed by atoms with Crippen LogP contribution in [0.5, 0.6) is 0 Å². The standard InChI is InChI=1S/C12H19N5/c1-5-8(13-2)11-14-9-6-7-10(17(3)4)15-12(9)16-11/h6-8,13H,5H2,1-4H3,(H,14,15,16). The molecule has 2 aromatic rings. The number of anilines is 1. The van der Waals surface area contributed by atoms with Gasteiger partial charge in [-0.2, -0.15) is 0 Å². The Labute approximate surface area is 101 Å². The topological polar surface area (TPSA) is 56.8 Å². The third kappa shape index (κ3) is 2.24. The van der Waals surface area contributed by atoms with Crippen LogP contribution in [-0.2, 0) is 0 Å². The lowest BCUT2D eigenvalue weighted by Gasteiger charge is -2.09. The minimum absolute atomic E-state index is 0.256. The molecule has 1 unspecified atom stereocenters. The minimum atomic E-state index is 0.256.